The fourth-order valence-electron chi connectivity index (χ4n) is 1.25. The van der Waals surface area contributed by atoms with Crippen molar-refractivity contribution in [3.8, 4) is 0 Å². The molecule has 5 heteroatoms. The van der Waals surface area contributed by atoms with Gasteiger partial charge < -0.3 is 15.4 Å². The van der Waals surface area contributed by atoms with Crippen LogP contribution in [-0.2, 0) is 16.1 Å². The number of amides is 1. The van der Waals surface area contributed by atoms with Gasteiger partial charge in [0, 0.05) is 6.54 Å². The lowest BCUT2D eigenvalue weighted by molar-refractivity contribution is -0.120. The zero-order valence-corrected chi connectivity index (χ0v) is 10.8. The van der Waals surface area contributed by atoms with Gasteiger partial charge in [0.15, 0.2) is 0 Å². The van der Waals surface area contributed by atoms with Gasteiger partial charge in [0.05, 0.1) is 19.8 Å². The third kappa shape index (κ3) is 7.74. The van der Waals surface area contributed by atoms with Gasteiger partial charge in [-0.3, -0.25) is 4.79 Å². The molecule has 0 atom stereocenters. The van der Waals surface area contributed by atoms with E-state index in [1.165, 1.54) is 0 Å². The molecule has 0 aliphatic heterocycles. The Bertz CT molecular complexity index is 307. The Hall–Kier alpha value is -1.10. The van der Waals surface area contributed by atoms with Gasteiger partial charge >= 0.3 is 0 Å². The van der Waals surface area contributed by atoms with Crippen molar-refractivity contribution >= 4 is 18.3 Å². The Balaban J connectivity index is 0.00000256. The Morgan fingerprint density at radius 3 is 2.65 bits per heavy atom. The second-order valence-corrected chi connectivity index (χ2v) is 3.42. The summed E-state index contributed by atoms with van der Waals surface area (Å²) in [6.07, 6.45) is 0. The van der Waals surface area contributed by atoms with Crippen molar-refractivity contribution in [2.45, 2.75) is 6.61 Å². The first-order valence-corrected chi connectivity index (χ1v) is 5.36. The molecule has 1 aromatic carbocycles. The van der Waals surface area contributed by atoms with Gasteiger partial charge in [0.25, 0.3) is 0 Å². The minimum atomic E-state index is -0.00851. The number of benzene rings is 1. The van der Waals surface area contributed by atoms with Crippen LogP contribution in [0.5, 0.6) is 0 Å². The van der Waals surface area contributed by atoms with Crippen LogP contribution in [-0.4, -0.2) is 32.7 Å². The summed E-state index contributed by atoms with van der Waals surface area (Å²) < 4.78 is 5.41. The molecule has 0 aromatic heterocycles. The summed E-state index contributed by atoms with van der Waals surface area (Å²) >= 11 is 0. The van der Waals surface area contributed by atoms with E-state index in [0.717, 1.165) is 5.56 Å². The molecule has 0 bridgehead atoms. The molecule has 0 aliphatic rings. The van der Waals surface area contributed by atoms with Crippen LogP contribution in [0.2, 0.25) is 0 Å². The average Bonchev–Trinajstić information content (AvgIpc) is 2.30. The number of carbonyl (C=O) groups is 1. The van der Waals surface area contributed by atoms with Crippen LogP contribution in [0.1, 0.15) is 5.56 Å². The first-order valence-electron chi connectivity index (χ1n) is 5.36. The summed E-state index contributed by atoms with van der Waals surface area (Å²) in [7, 11) is 1.74. The molecule has 4 nitrogen and oxygen atoms in total. The lowest BCUT2D eigenvalue weighted by atomic mass is 10.2. The Labute approximate surface area is 108 Å². The first kappa shape index (κ1) is 15.9. The van der Waals surface area contributed by atoms with Crippen LogP contribution < -0.4 is 10.6 Å². The first-order chi connectivity index (χ1) is 7.83. The number of hydrogen-bond acceptors (Lipinski definition) is 3. The van der Waals surface area contributed by atoms with Crippen LogP contribution >= 0.6 is 12.4 Å². The van der Waals surface area contributed by atoms with Gasteiger partial charge in [-0.25, -0.2) is 0 Å². The van der Waals surface area contributed by atoms with Crippen LogP contribution in [0.25, 0.3) is 0 Å². The molecule has 0 heterocycles. The third-order valence-corrected chi connectivity index (χ3v) is 2.02. The molecule has 0 spiro atoms. The minimum Gasteiger partial charge on any atom is -0.375 e. The Morgan fingerprint density at radius 2 is 2.00 bits per heavy atom. The van der Waals surface area contributed by atoms with E-state index in [2.05, 4.69) is 10.6 Å². The molecular formula is C12H19ClN2O2. The van der Waals surface area contributed by atoms with Gasteiger partial charge in [0.1, 0.15) is 0 Å². The van der Waals surface area contributed by atoms with E-state index in [1.54, 1.807) is 7.05 Å². The van der Waals surface area contributed by atoms with Crippen LogP contribution in [0.15, 0.2) is 30.3 Å². The topological polar surface area (TPSA) is 50.4 Å². The smallest absolute Gasteiger partial charge is 0.234 e. The van der Waals surface area contributed by atoms with E-state index in [-0.39, 0.29) is 18.3 Å². The van der Waals surface area contributed by atoms with Crippen molar-refractivity contribution in [3.05, 3.63) is 35.9 Å². The highest BCUT2D eigenvalue weighted by atomic mass is 35.5. The van der Waals surface area contributed by atoms with E-state index in [0.29, 0.717) is 26.3 Å². The lowest BCUT2D eigenvalue weighted by Crippen LogP contribution is -2.34. The predicted molar refractivity (Wildman–Crippen MR) is 70.3 cm³/mol. The number of likely N-dealkylation sites (N-methyl/N-ethyl adjacent to an activating group) is 1. The molecule has 0 radical (unpaired) electrons. The highest BCUT2D eigenvalue weighted by Gasteiger charge is 1.97. The largest absolute Gasteiger partial charge is 0.375 e. The second-order valence-electron chi connectivity index (χ2n) is 3.42. The van der Waals surface area contributed by atoms with Crippen LogP contribution in [0.3, 0.4) is 0 Å². The highest BCUT2D eigenvalue weighted by Crippen LogP contribution is 1.99. The Kier molecular flexibility index (Phi) is 9.43. The maximum Gasteiger partial charge on any atom is 0.234 e. The minimum absolute atomic E-state index is 0. The summed E-state index contributed by atoms with van der Waals surface area (Å²) in [6, 6.07) is 9.96. The van der Waals surface area contributed by atoms with E-state index in [1.807, 2.05) is 30.3 Å². The average molecular weight is 259 g/mol. The van der Waals surface area contributed by atoms with Crippen LogP contribution in [0.4, 0.5) is 0 Å². The molecule has 0 saturated carbocycles. The molecule has 0 aliphatic carbocycles. The maximum absolute atomic E-state index is 11.0. The second kappa shape index (κ2) is 10.1. The lowest BCUT2D eigenvalue weighted by Gasteiger charge is -2.06. The molecule has 0 fully saturated rings. The van der Waals surface area contributed by atoms with Crippen molar-refractivity contribution in [2.24, 2.45) is 0 Å². The molecular weight excluding hydrogens is 240 g/mol. The molecule has 0 unspecified atom stereocenters. The predicted octanol–water partition coefficient (Wildman–Crippen LogP) is 0.961. The fraction of sp³-hybridized carbons (Fsp3) is 0.417. The third-order valence-electron chi connectivity index (χ3n) is 2.02. The van der Waals surface area contributed by atoms with Gasteiger partial charge in [-0.1, -0.05) is 30.3 Å². The highest BCUT2D eigenvalue weighted by molar-refractivity contribution is 5.85. The number of nitrogens with one attached hydrogen (secondary N) is 2. The summed E-state index contributed by atoms with van der Waals surface area (Å²) in [5, 5.41) is 5.52. The van der Waals surface area contributed by atoms with Crippen molar-refractivity contribution in [1.29, 1.82) is 0 Å². The molecule has 0 saturated heterocycles. The molecule has 1 aromatic rings. The molecule has 1 rings (SSSR count). The fourth-order valence-corrected chi connectivity index (χ4v) is 1.25. The molecule has 96 valence electrons. The van der Waals surface area contributed by atoms with Gasteiger partial charge in [-0.2, -0.15) is 0 Å². The number of carbonyl (C=O) groups excluding carboxylic acids is 1. The number of ether oxygens (including phenoxy) is 1. The number of halogens is 1. The molecule has 17 heavy (non-hydrogen) atoms. The standard InChI is InChI=1S/C12H18N2O2.ClH/c1-13-9-12(15)14-7-8-16-10-11-5-3-2-4-6-11;/h2-6,13H,7-10H2,1H3,(H,14,15);1H. The summed E-state index contributed by atoms with van der Waals surface area (Å²) in [5.74, 6) is -0.00851. The van der Waals surface area contributed by atoms with Crippen molar-refractivity contribution in [2.75, 3.05) is 26.7 Å². The van der Waals surface area contributed by atoms with E-state index < -0.39 is 0 Å². The number of hydrogen-bond donors (Lipinski definition) is 2. The zero-order chi connectivity index (χ0) is 11.6. The van der Waals surface area contributed by atoms with Gasteiger partial charge in [-0.15, -0.1) is 12.4 Å². The van der Waals surface area contributed by atoms with Crippen molar-refractivity contribution < 1.29 is 9.53 Å². The summed E-state index contributed by atoms with van der Waals surface area (Å²) in [5.41, 5.74) is 1.14. The monoisotopic (exact) mass is 258 g/mol. The Morgan fingerprint density at radius 1 is 1.29 bits per heavy atom. The van der Waals surface area contributed by atoms with Crippen molar-refractivity contribution in [1.82, 2.24) is 10.6 Å². The zero-order valence-electron chi connectivity index (χ0n) is 9.94. The van der Waals surface area contributed by atoms with Crippen molar-refractivity contribution in [3.63, 3.8) is 0 Å². The normalized spacial score (nSPS) is 9.47. The summed E-state index contributed by atoms with van der Waals surface area (Å²) in [4.78, 5) is 11.0. The summed E-state index contributed by atoms with van der Waals surface area (Å²) in [6.45, 7) is 2.01. The van der Waals surface area contributed by atoms with E-state index in [4.69, 9.17) is 4.74 Å². The number of rotatable bonds is 7. The van der Waals surface area contributed by atoms with E-state index >= 15 is 0 Å². The van der Waals surface area contributed by atoms with Gasteiger partial charge in [-0.05, 0) is 12.6 Å². The molecule has 2 N–H and O–H groups in total. The quantitative estimate of drug-likeness (QED) is 0.717. The van der Waals surface area contributed by atoms with Gasteiger partial charge in [0.2, 0.25) is 5.91 Å². The SMILES string of the molecule is CNCC(=O)NCCOCc1ccccc1.Cl. The molecule has 1 amide bonds. The van der Waals surface area contributed by atoms with Crippen LogP contribution in [0, 0.1) is 0 Å². The van der Waals surface area contributed by atoms with E-state index in [9.17, 15) is 4.79 Å². The maximum atomic E-state index is 11.0.